The molecule has 1 amide bonds. The minimum atomic E-state index is -0.146. The third-order valence-electron chi connectivity index (χ3n) is 4.23. The van der Waals surface area contributed by atoms with Crippen molar-refractivity contribution < 1.29 is 4.79 Å². The number of carbonyl (C=O) groups excluding carboxylic acids is 1. The van der Waals surface area contributed by atoms with Gasteiger partial charge in [0, 0.05) is 23.9 Å². The zero-order chi connectivity index (χ0) is 18.1. The summed E-state index contributed by atoms with van der Waals surface area (Å²) in [4.78, 5) is 29.5. The third kappa shape index (κ3) is 3.95. The number of benzene rings is 1. The Balaban J connectivity index is 1.75. The molecule has 0 spiro atoms. The fraction of sp³-hybridized carbons (Fsp3) is 0.421. The molecule has 1 aliphatic rings. The van der Waals surface area contributed by atoms with Gasteiger partial charge in [0.2, 0.25) is 5.91 Å². The van der Waals surface area contributed by atoms with Gasteiger partial charge in [-0.25, -0.2) is 4.98 Å². The van der Waals surface area contributed by atoms with E-state index >= 15 is 0 Å². The molecule has 0 fully saturated rings. The van der Waals surface area contributed by atoms with Crippen LogP contribution in [0.2, 0.25) is 0 Å². The van der Waals surface area contributed by atoms with Crippen molar-refractivity contribution in [2.45, 2.75) is 51.2 Å². The Hall–Kier alpha value is -2.08. The Morgan fingerprint density at radius 1 is 1.28 bits per heavy atom. The van der Waals surface area contributed by atoms with E-state index in [1.165, 1.54) is 0 Å². The van der Waals surface area contributed by atoms with Crippen molar-refractivity contribution in [3.05, 3.63) is 51.4 Å². The van der Waals surface area contributed by atoms with Crippen molar-refractivity contribution in [1.29, 1.82) is 0 Å². The Morgan fingerprint density at radius 2 is 1.96 bits per heavy atom. The molecule has 1 atom stereocenters. The van der Waals surface area contributed by atoms with Gasteiger partial charge in [0.1, 0.15) is 0 Å². The summed E-state index contributed by atoms with van der Waals surface area (Å²) in [5, 5.41) is 3.67. The molecule has 2 aromatic rings. The van der Waals surface area contributed by atoms with Gasteiger partial charge in [0.25, 0.3) is 5.56 Å². The number of hydrogen-bond donors (Lipinski definition) is 1. The van der Waals surface area contributed by atoms with Crippen LogP contribution in [0.25, 0.3) is 0 Å². The lowest BCUT2D eigenvalue weighted by molar-refractivity contribution is -0.116. The van der Waals surface area contributed by atoms with E-state index in [1.54, 1.807) is 22.4 Å². The zero-order valence-electron chi connectivity index (χ0n) is 15.0. The van der Waals surface area contributed by atoms with Crippen LogP contribution in [0.4, 0.5) is 5.69 Å². The number of nitrogens with zero attached hydrogens (tertiary/aromatic N) is 2. The average Bonchev–Trinajstić information content (AvgIpc) is 2.89. The largest absolute Gasteiger partial charge is 0.326 e. The summed E-state index contributed by atoms with van der Waals surface area (Å²) in [5.74, 6) is 0.832. The number of thioether (sulfide) groups is 1. The molecule has 0 radical (unpaired) electrons. The fourth-order valence-electron chi connectivity index (χ4n) is 3.09. The third-order valence-corrected chi connectivity index (χ3v) is 5.33. The maximum absolute atomic E-state index is 12.5. The molecule has 6 heteroatoms. The highest BCUT2D eigenvalue weighted by Crippen LogP contribution is 2.33. The molecular weight excluding hydrogens is 334 g/mol. The Labute approximate surface area is 151 Å². The Kier molecular flexibility index (Phi) is 4.99. The highest BCUT2D eigenvalue weighted by Gasteiger charge is 2.28. The number of aryl methyl sites for hydroxylation is 2. The van der Waals surface area contributed by atoms with Crippen molar-refractivity contribution in [1.82, 2.24) is 9.55 Å². The lowest BCUT2D eigenvalue weighted by Crippen LogP contribution is -2.28. The van der Waals surface area contributed by atoms with E-state index < -0.39 is 0 Å². The second kappa shape index (κ2) is 7.04. The second-order valence-electron chi connectivity index (χ2n) is 6.92. The smallest absolute Gasteiger partial charge is 0.254 e. The topological polar surface area (TPSA) is 64.0 Å². The van der Waals surface area contributed by atoms with Crippen LogP contribution >= 0.6 is 11.8 Å². The molecular formula is C19H23N3O2S. The average molecular weight is 357 g/mol. The molecule has 0 saturated heterocycles. The van der Waals surface area contributed by atoms with E-state index in [0.29, 0.717) is 5.75 Å². The lowest BCUT2D eigenvalue weighted by atomic mass is 10.1. The highest BCUT2D eigenvalue weighted by molar-refractivity contribution is 7.99. The van der Waals surface area contributed by atoms with Gasteiger partial charge >= 0.3 is 0 Å². The highest BCUT2D eigenvalue weighted by atomic mass is 32.2. The number of anilines is 1. The van der Waals surface area contributed by atoms with Gasteiger partial charge in [-0.15, -0.1) is 0 Å². The van der Waals surface area contributed by atoms with Crippen molar-refractivity contribution in [2.24, 2.45) is 0 Å². The van der Waals surface area contributed by atoms with Crippen LogP contribution in [0.1, 0.15) is 49.0 Å². The van der Waals surface area contributed by atoms with Crippen LogP contribution in [0, 0.1) is 13.8 Å². The molecule has 25 heavy (non-hydrogen) atoms. The number of nitrogens with one attached hydrogen (secondary N) is 1. The molecule has 0 bridgehead atoms. The first kappa shape index (κ1) is 17.7. The maximum Gasteiger partial charge on any atom is 0.254 e. The summed E-state index contributed by atoms with van der Waals surface area (Å²) < 4.78 is 1.66. The zero-order valence-corrected chi connectivity index (χ0v) is 15.8. The van der Waals surface area contributed by atoms with E-state index in [4.69, 9.17) is 0 Å². The first-order chi connectivity index (χ1) is 11.8. The molecule has 1 aromatic carbocycles. The Morgan fingerprint density at radius 3 is 2.60 bits per heavy atom. The van der Waals surface area contributed by atoms with Crippen LogP contribution in [-0.4, -0.2) is 21.2 Å². The predicted molar refractivity (Wildman–Crippen MR) is 102 cm³/mol. The van der Waals surface area contributed by atoms with Crippen LogP contribution in [-0.2, 0) is 4.79 Å². The van der Waals surface area contributed by atoms with Gasteiger partial charge in [-0.3, -0.25) is 14.2 Å². The molecule has 1 unspecified atom stereocenters. The van der Waals surface area contributed by atoms with Gasteiger partial charge in [-0.05, 0) is 43.0 Å². The number of amides is 1. The second-order valence-corrected chi connectivity index (χ2v) is 7.91. The number of fused-ring (bicyclic) bond motifs is 1. The van der Waals surface area contributed by atoms with E-state index in [9.17, 15) is 9.59 Å². The summed E-state index contributed by atoms with van der Waals surface area (Å²) in [6.07, 6.45) is 0.273. The summed E-state index contributed by atoms with van der Waals surface area (Å²) in [5.41, 5.74) is 3.76. The van der Waals surface area contributed by atoms with Crippen LogP contribution in [0.15, 0.2) is 34.2 Å². The standard InChI is InChI=1S/C19H23N3O2S/c1-11(2)16-9-18(24)22-15(10-25-19(22)21-16)8-17(23)20-14-6-12(3)5-13(4)7-14/h5-7,9,11,15H,8,10H2,1-4H3,(H,20,23). The van der Waals surface area contributed by atoms with Crippen LogP contribution in [0.5, 0.6) is 0 Å². The molecule has 5 nitrogen and oxygen atoms in total. The number of aromatic nitrogens is 2. The summed E-state index contributed by atoms with van der Waals surface area (Å²) in [6.45, 7) is 8.05. The molecule has 0 aliphatic carbocycles. The van der Waals surface area contributed by atoms with Crippen molar-refractivity contribution in [2.75, 3.05) is 11.1 Å². The monoisotopic (exact) mass is 357 g/mol. The minimum Gasteiger partial charge on any atom is -0.326 e. The molecule has 2 heterocycles. The molecule has 1 N–H and O–H groups in total. The molecule has 1 aromatic heterocycles. The van der Waals surface area contributed by atoms with E-state index in [0.717, 1.165) is 27.7 Å². The predicted octanol–water partition coefficient (Wildman–Crippen LogP) is 3.66. The van der Waals surface area contributed by atoms with Gasteiger partial charge < -0.3 is 5.32 Å². The number of hydrogen-bond acceptors (Lipinski definition) is 4. The SMILES string of the molecule is Cc1cc(C)cc(NC(=O)CC2CSc3nc(C(C)C)cc(=O)n32)c1. The van der Waals surface area contributed by atoms with Crippen molar-refractivity contribution in [3.63, 3.8) is 0 Å². The summed E-state index contributed by atoms with van der Waals surface area (Å²) >= 11 is 1.55. The summed E-state index contributed by atoms with van der Waals surface area (Å²) in [6, 6.07) is 7.41. The first-order valence-corrected chi connectivity index (χ1v) is 9.46. The molecule has 0 saturated carbocycles. The summed E-state index contributed by atoms with van der Waals surface area (Å²) in [7, 11) is 0. The number of rotatable bonds is 4. The van der Waals surface area contributed by atoms with Crippen LogP contribution < -0.4 is 10.9 Å². The van der Waals surface area contributed by atoms with E-state index in [-0.39, 0.29) is 29.8 Å². The van der Waals surface area contributed by atoms with Gasteiger partial charge in [-0.2, -0.15) is 0 Å². The van der Waals surface area contributed by atoms with E-state index in [2.05, 4.69) is 16.4 Å². The molecule has 1 aliphatic heterocycles. The Bertz CT molecular complexity index is 853. The van der Waals surface area contributed by atoms with Crippen molar-refractivity contribution in [3.8, 4) is 0 Å². The maximum atomic E-state index is 12.5. The lowest BCUT2D eigenvalue weighted by Gasteiger charge is -2.14. The number of carbonyl (C=O) groups is 1. The van der Waals surface area contributed by atoms with Gasteiger partial charge in [0.05, 0.1) is 11.7 Å². The minimum absolute atomic E-state index is 0.0668. The molecule has 3 rings (SSSR count). The fourth-order valence-corrected chi connectivity index (χ4v) is 4.25. The van der Waals surface area contributed by atoms with Crippen molar-refractivity contribution >= 4 is 23.4 Å². The first-order valence-electron chi connectivity index (χ1n) is 8.48. The van der Waals surface area contributed by atoms with Gasteiger partial charge in [0.15, 0.2) is 5.16 Å². The quantitative estimate of drug-likeness (QED) is 0.848. The van der Waals surface area contributed by atoms with E-state index in [1.807, 2.05) is 39.8 Å². The molecule has 132 valence electrons. The van der Waals surface area contributed by atoms with Crippen LogP contribution in [0.3, 0.4) is 0 Å². The van der Waals surface area contributed by atoms with Gasteiger partial charge in [-0.1, -0.05) is 31.7 Å². The normalized spacial score (nSPS) is 16.1.